The maximum absolute atomic E-state index is 3.47. The highest BCUT2D eigenvalue weighted by Crippen LogP contribution is 2.14. The number of nitrogens with one attached hydrogen (secondary N) is 1. The smallest absolute Gasteiger partial charge is 0.00106 e. The molecule has 0 aliphatic carbocycles. The molecule has 0 unspecified atom stereocenters. The van der Waals surface area contributed by atoms with Crippen LogP contribution in [0, 0.1) is 5.92 Å². The molecule has 0 atom stereocenters. The molecule has 1 heterocycles. The van der Waals surface area contributed by atoms with Gasteiger partial charge in [0.05, 0.1) is 0 Å². The molecule has 2 heteroatoms. The molecule has 0 spiro atoms. The second-order valence-electron chi connectivity index (χ2n) is 6.08. The van der Waals surface area contributed by atoms with E-state index in [2.05, 4.69) is 47.5 Å². The van der Waals surface area contributed by atoms with E-state index in [4.69, 9.17) is 0 Å². The van der Waals surface area contributed by atoms with Gasteiger partial charge in [0.25, 0.3) is 0 Å². The van der Waals surface area contributed by atoms with E-state index in [-0.39, 0.29) is 0 Å². The lowest BCUT2D eigenvalue weighted by molar-refractivity contribution is 0.204. The Morgan fingerprint density at radius 3 is 2.55 bits per heavy atom. The van der Waals surface area contributed by atoms with Crippen molar-refractivity contribution >= 4 is 0 Å². The maximum Gasteiger partial charge on any atom is 0.00106 e. The minimum atomic E-state index is 0.916. The van der Waals surface area contributed by atoms with E-state index >= 15 is 0 Å². The van der Waals surface area contributed by atoms with Crippen molar-refractivity contribution < 1.29 is 0 Å². The van der Waals surface area contributed by atoms with E-state index < -0.39 is 0 Å². The average molecular weight is 274 g/mol. The summed E-state index contributed by atoms with van der Waals surface area (Å²) < 4.78 is 0. The minimum Gasteiger partial charge on any atom is -0.317 e. The fourth-order valence-electron chi connectivity index (χ4n) is 3.19. The zero-order valence-corrected chi connectivity index (χ0v) is 13.0. The molecule has 1 aromatic rings. The van der Waals surface area contributed by atoms with Crippen LogP contribution in [0.4, 0.5) is 0 Å². The second kappa shape index (κ2) is 9.15. The largest absolute Gasteiger partial charge is 0.317 e. The standard InChI is InChI=1S/C18H30N2/c1-2-14-20(16-18-10-12-19-13-11-18)15-6-9-17-7-4-3-5-8-17/h3-5,7-8,18-19H,2,6,9-16H2,1H3. The Labute approximate surface area is 124 Å². The van der Waals surface area contributed by atoms with Gasteiger partial charge in [-0.05, 0) is 69.8 Å². The molecule has 1 N–H and O–H groups in total. The maximum atomic E-state index is 3.47. The highest BCUT2D eigenvalue weighted by atomic mass is 15.1. The van der Waals surface area contributed by atoms with Crippen molar-refractivity contribution in [2.75, 3.05) is 32.7 Å². The quantitative estimate of drug-likeness (QED) is 0.782. The monoisotopic (exact) mass is 274 g/mol. The highest BCUT2D eigenvalue weighted by Gasteiger charge is 2.16. The van der Waals surface area contributed by atoms with E-state index in [0.29, 0.717) is 0 Å². The predicted molar refractivity (Wildman–Crippen MR) is 87.1 cm³/mol. The van der Waals surface area contributed by atoms with Crippen molar-refractivity contribution in [1.29, 1.82) is 0 Å². The molecule has 0 aromatic heterocycles. The molecule has 1 aliphatic heterocycles. The Balaban J connectivity index is 1.71. The predicted octanol–water partition coefficient (Wildman–Crippen LogP) is 3.33. The number of rotatable bonds is 8. The van der Waals surface area contributed by atoms with Crippen molar-refractivity contribution in [2.24, 2.45) is 5.92 Å². The fourth-order valence-corrected chi connectivity index (χ4v) is 3.19. The zero-order valence-electron chi connectivity index (χ0n) is 13.0. The van der Waals surface area contributed by atoms with Crippen LogP contribution in [-0.4, -0.2) is 37.6 Å². The molecular weight excluding hydrogens is 244 g/mol. The van der Waals surface area contributed by atoms with E-state index in [9.17, 15) is 0 Å². The van der Waals surface area contributed by atoms with Gasteiger partial charge in [-0.15, -0.1) is 0 Å². The Hall–Kier alpha value is -0.860. The zero-order chi connectivity index (χ0) is 14.0. The normalized spacial score (nSPS) is 16.7. The van der Waals surface area contributed by atoms with Gasteiger partial charge in [0.2, 0.25) is 0 Å². The van der Waals surface area contributed by atoms with Crippen LogP contribution in [0.5, 0.6) is 0 Å². The second-order valence-corrected chi connectivity index (χ2v) is 6.08. The number of hydrogen-bond acceptors (Lipinski definition) is 2. The minimum absolute atomic E-state index is 0.916. The molecule has 1 aliphatic rings. The van der Waals surface area contributed by atoms with Crippen molar-refractivity contribution in [1.82, 2.24) is 10.2 Å². The molecule has 0 bridgehead atoms. The van der Waals surface area contributed by atoms with Gasteiger partial charge in [0.1, 0.15) is 0 Å². The molecule has 112 valence electrons. The van der Waals surface area contributed by atoms with Crippen molar-refractivity contribution in [3.8, 4) is 0 Å². The number of nitrogens with zero attached hydrogens (tertiary/aromatic N) is 1. The number of benzene rings is 1. The summed E-state index contributed by atoms with van der Waals surface area (Å²) in [7, 11) is 0. The van der Waals surface area contributed by atoms with Crippen LogP contribution in [0.2, 0.25) is 0 Å². The highest BCUT2D eigenvalue weighted by molar-refractivity contribution is 5.14. The van der Waals surface area contributed by atoms with Crippen LogP contribution >= 0.6 is 0 Å². The third kappa shape index (κ3) is 5.64. The summed E-state index contributed by atoms with van der Waals surface area (Å²) in [6, 6.07) is 10.9. The Kier molecular flexibility index (Phi) is 7.10. The average Bonchev–Trinajstić information content (AvgIpc) is 2.49. The van der Waals surface area contributed by atoms with Crippen LogP contribution in [0.1, 0.15) is 38.2 Å². The van der Waals surface area contributed by atoms with Crippen molar-refractivity contribution in [3.05, 3.63) is 35.9 Å². The first-order valence-corrected chi connectivity index (χ1v) is 8.35. The molecule has 2 rings (SSSR count). The Morgan fingerprint density at radius 1 is 1.10 bits per heavy atom. The van der Waals surface area contributed by atoms with Gasteiger partial charge < -0.3 is 10.2 Å². The van der Waals surface area contributed by atoms with E-state index in [1.165, 1.54) is 70.4 Å². The lowest BCUT2D eigenvalue weighted by atomic mass is 9.97. The summed E-state index contributed by atoms with van der Waals surface area (Å²) in [5, 5.41) is 3.47. The molecule has 0 saturated carbocycles. The summed E-state index contributed by atoms with van der Waals surface area (Å²) in [4.78, 5) is 2.69. The first-order valence-electron chi connectivity index (χ1n) is 8.35. The third-order valence-corrected chi connectivity index (χ3v) is 4.30. The van der Waals surface area contributed by atoms with Gasteiger partial charge in [-0.2, -0.15) is 0 Å². The molecule has 1 fully saturated rings. The summed E-state index contributed by atoms with van der Waals surface area (Å²) in [6.45, 7) is 8.56. The Morgan fingerprint density at radius 2 is 1.85 bits per heavy atom. The third-order valence-electron chi connectivity index (χ3n) is 4.30. The summed E-state index contributed by atoms with van der Waals surface area (Å²) in [6.07, 6.45) is 6.50. The molecule has 1 aromatic carbocycles. The first-order chi connectivity index (χ1) is 9.88. The number of hydrogen-bond donors (Lipinski definition) is 1. The van der Waals surface area contributed by atoms with Gasteiger partial charge in [0, 0.05) is 6.54 Å². The van der Waals surface area contributed by atoms with Crippen LogP contribution < -0.4 is 5.32 Å². The fraction of sp³-hybridized carbons (Fsp3) is 0.667. The van der Waals surface area contributed by atoms with E-state index in [1.54, 1.807) is 0 Å². The molecule has 1 saturated heterocycles. The number of piperidine rings is 1. The van der Waals surface area contributed by atoms with E-state index in [1.807, 2.05) is 0 Å². The van der Waals surface area contributed by atoms with Gasteiger partial charge >= 0.3 is 0 Å². The van der Waals surface area contributed by atoms with E-state index in [0.717, 1.165) is 5.92 Å². The topological polar surface area (TPSA) is 15.3 Å². The van der Waals surface area contributed by atoms with Gasteiger partial charge in [-0.25, -0.2) is 0 Å². The first kappa shape index (κ1) is 15.5. The molecule has 0 radical (unpaired) electrons. The Bertz CT molecular complexity index is 344. The summed E-state index contributed by atoms with van der Waals surface area (Å²) in [5.41, 5.74) is 1.48. The van der Waals surface area contributed by atoms with Crippen LogP contribution in [-0.2, 0) is 6.42 Å². The van der Waals surface area contributed by atoms with Crippen LogP contribution in [0.25, 0.3) is 0 Å². The van der Waals surface area contributed by atoms with Crippen molar-refractivity contribution in [2.45, 2.75) is 39.0 Å². The molecule has 0 amide bonds. The van der Waals surface area contributed by atoms with Crippen molar-refractivity contribution in [3.63, 3.8) is 0 Å². The SMILES string of the molecule is CCCN(CCCc1ccccc1)CC1CCNCC1. The summed E-state index contributed by atoms with van der Waals surface area (Å²) >= 11 is 0. The van der Waals surface area contributed by atoms with Gasteiger partial charge in [0.15, 0.2) is 0 Å². The van der Waals surface area contributed by atoms with Gasteiger partial charge in [-0.3, -0.25) is 0 Å². The molecular formula is C18H30N2. The lowest BCUT2D eigenvalue weighted by Crippen LogP contribution is -2.37. The summed E-state index contributed by atoms with van der Waals surface area (Å²) in [5.74, 6) is 0.916. The lowest BCUT2D eigenvalue weighted by Gasteiger charge is -2.30. The molecule has 2 nitrogen and oxygen atoms in total. The number of aryl methyl sites for hydroxylation is 1. The van der Waals surface area contributed by atoms with Gasteiger partial charge in [-0.1, -0.05) is 37.3 Å². The molecule has 20 heavy (non-hydrogen) atoms. The van der Waals surface area contributed by atoms with Crippen LogP contribution in [0.3, 0.4) is 0 Å². The van der Waals surface area contributed by atoms with Crippen LogP contribution in [0.15, 0.2) is 30.3 Å².